The van der Waals surface area contributed by atoms with E-state index in [0.29, 0.717) is 5.57 Å². The van der Waals surface area contributed by atoms with Crippen molar-refractivity contribution in [2.75, 3.05) is 0 Å². The van der Waals surface area contributed by atoms with E-state index in [1.54, 1.807) is 6.92 Å². The smallest absolute Gasteiger partial charge is 0.330 e. The number of rotatable bonds is 6. The lowest BCUT2D eigenvalue weighted by Gasteiger charge is -2.20. The number of aliphatic carboxylic acids is 1. The van der Waals surface area contributed by atoms with Crippen molar-refractivity contribution in [1.29, 1.82) is 0 Å². The van der Waals surface area contributed by atoms with Crippen LogP contribution in [0.25, 0.3) is 0 Å². The van der Waals surface area contributed by atoms with Gasteiger partial charge < -0.3 is 5.11 Å². The van der Waals surface area contributed by atoms with E-state index < -0.39 is 5.97 Å². The van der Waals surface area contributed by atoms with Crippen molar-refractivity contribution in [3.8, 4) is 0 Å². The Bertz CT molecular complexity index is 214. The van der Waals surface area contributed by atoms with Crippen LogP contribution in [0.2, 0.25) is 0 Å². The van der Waals surface area contributed by atoms with Gasteiger partial charge in [0.05, 0.1) is 0 Å². The third-order valence-corrected chi connectivity index (χ3v) is 2.37. The summed E-state index contributed by atoms with van der Waals surface area (Å²) in [6.45, 7) is 8.01. The Balaban J connectivity index is 4.18. The van der Waals surface area contributed by atoms with Crippen molar-refractivity contribution < 1.29 is 9.90 Å². The van der Waals surface area contributed by atoms with Gasteiger partial charge in [-0.25, -0.2) is 4.79 Å². The van der Waals surface area contributed by atoms with Crippen LogP contribution in [-0.4, -0.2) is 11.1 Å². The topological polar surface area (TPSA) is 37.3 Å². The zero-order valence-corrected chi connectivity index (χ0v) is 9.76. The largest absolute Gasteiger partial charge is 0.478 e. The summed E-state index contributed by atoms with van der Waals surface area (Å²) < 4.78 is 0. The van der Waals surface area contributed by atoms with Crippen molar-refractivity contribution >= 4 is 5.97 Å². The average Bonchev–Trinajstić information content (AvgIpc) is 2.03. The number of carbonyl (C=O) groups is 1. The highest BCUT2D eigenvalue weighted by atomic mass is 16.4. The molecule has 0 bridgehead atoms. The molecular formula is C12H22O2. The van der Waals surface area contributed by atoms with Crippen LogP contribution in [0.3, 0.4) is 0 Å². The van der Waals surface area contributed by atoms with Gasteiger partial charge in [-0.3, -0.25) is 0 Å². The summed E-state index contributed by atoms with van der Waals surface area (Å²) in [5, 5.41) is 8.75. The maximum atomic E-state index is 10.6. The number of unbranched alkanes of at least 4 members (excludes halogenated alkanes) is 2. The van der Waals surface area contributed by atoms with Gasteiger partial charge in [0.15, 0.2) is 0 Å². The van der Waals surface area contributed by atoms with Gasteiger partial charge >= 0.3 is 5.97 Å². The van der Waals surface area contributed by atoms with Gasteiger partial charge in [-0.05, 0) is 18.8 Å². The van der Waals surface area contributed by atoms with Crippen molar-refractivity contribution in [3.63, 3.8) is 0 Å². The predicted molar refractivity (Wildman–Crippen MR) is 59.3 cm³/mol. The Kier molecular flexibility index (Phi) is 5.51. The maximum absolute atomic E-state index is 10.6. The highest BCUT2D eigenvalue weighted by Crippen LogP contribution is 2.26. The maximum Gasteiger partial charge on any atom is 0.330 e. The minimum absolute atomic E-state index is 0.0116. The van der Waals surface area contributed by atoms with Crippen LogP contribution in [0.4, 0.5) is 0 Å². The minimum atomic E-state index is -0.812. The summed E-state index contributed by atoms with van der Waals surface area (Å²) >= 11 is 0. The molecule has 0 amide bonds. The molecule has 0 rings (SSSR count). The van der Waals surface area contributed by atoms with Gasteiger partial charge in [0.25, 0.3) is 0 Å². The van der Waals surface area contributed by atoms with E-state index in [-0.39, 0.29) is 5.41 Å². The molecule has 0 atom stereocenters. The first kappa shape index (κ1) is 13.2. The highest BCUT2D eigenvalue weighted by molar-refractivity contribution is 5.85. The Morgan fingerprint density at radius 2 is 1.93 bits per heavy atom. The zero-order valence-electron chi connectivity index (χ0n) is 9.76. The van der Waals surface area contributed by atoms with Gasteiger partial charge in [0, 0.05) is 5.57 Å². The van der Waals surface area contributed by atoms with Crippen LogP contribution >= 0.6 is 0 Å². The van der Waals surface area contributed by atoms with Crippen LogP contribution in [0.15, 0.2) is 11.6 Å². The second-order valence-electron chi connectivity index (χ2n) is 4.58. The van der Waals surface area contributed by atoms with E-state index in [9.17, 15) is 4.79 Å². The number of hydrogen-bond donors (Lipinski definition) is 1. The first-order valence-corrected chi connectivity index (χ1v) is 5.32. The average molecular weight is 198 g/mol. The fourth-order valence-corrected chi connectivity index (χ4v) is 1.55. The first-order valence-electron chi connectivity index (χ1n) is 5.32. The minimum Gasteiger partial charge on any atom is -0.478 e. The van der Waals surface area contributed by atoms with Gasteiger partial charge in [0.1, 0.15) is 0 Å². The summed E-state index contributed by atoms with van der Waals surface area (Å²) in [5.41, 5.74) is 0.462. The van der Waals surface area contributed by atoms with Gasteiger partial charge in [-0.1, -0.05) is 46.1 Å². The van der Waals surface area contributed by atoms with E-state index in [4.69, 9.17) is 5.11 Å². The van der Waals surface area contributed by atoms with Crippen LogP contribution in [-0.2, 0) is 4.79 Å². The molecule has 0 aromatic carbocycles. The van der Waals surface area contributed by atoms with E-state index in [1.165, 1.54) is 19.3 Å². The quantitative estimate of drug-likeness (QED) is 0.522. The lowest BCUT2D eigenvalue weighted by molar-refractivity contribution is -0.132. The van der Waals surface area contributed by atoms with Crippen LogP contribution in [0.5, 0.6) is 0 Å². The van der Waals surface area contributed by atoms with Crippen LogP contribution in [0, 0.1) is 5.41 Å². The first-order chi connectivity index (χ1) is 6.39. The molecule has 0 spiro atoms. The SMILES string of the molecule is CCCCCC(C)(C)C=C(C)C(=O)O. The molecule has 0 heterocycles. The molecule has 0 radical (unpaired) electrons. The summed E-state index contributed by atoms with van der Waals surface area (Å²) in [5.74, 6) is -0.812. The van der Waals surface area contributed by atoms with Crippen molar-refractivity contribution in [3.05, 3.63) is 11.6 Å². The fourth-order valence-electron chi connectivity index (χ4n) is 1.55. The van der Waals surface area contributed by atoms with Crippen molar-refractivity contribution in [2.45, 2.75) is 53.4 Å². The summed E-state index contributed by atoms with van der Waals surface area (Å²) in [4.78, 5) is 10.6. The Hall–Kier alpha value is -0.790. The number of carboxylic acids is 1. The van der Waals surface area contributed by atoms with Gasteiger partial charge in [-0.2, -0.15) is 0 Å². The molecule has 2 heteroatoms. The predicted octanol–water partition coefficient (Wildman–Crippen LogP) is 3.62. The summed E-state index contributed by atoms with van der Waals surface area (Å²) in [7, 11) is 0. The molecule has 0 aromatic rings. The molecule has 0 fully saturated rings. The molecule has 0 aliphatic heterocycles. The second kappa shape index (κ2) is 5.84. The van der Waals surface area contributed by atoms with Gasteiger partial charge in [-0.15, -0.1) is 0 Å². The monoisotopic (exact) mass is 198 g/mol. The van der Waals surface area contributed by atoms with Gasteiger partial charge in [0.2, 0.25) is 0 Å². The summed E-state index contributed by atoms with van der Waals surface area (Å²) in [6, 6.07) is 0. The summed E-state index contributed by atoms with van der Waals surface area (Å²) in [6.07, 6.45) is 6.53. The molecule has 0 aliphatic rings. The third kappa shape index (κ3) is 5.79. The Morgan fingerprint density at radius 3 is 2.36 bits per heavy atom. The number of carboxylic acid groups (broad SMARTS) is 1. The van der Waals surface area contributed by atoms with E-state index in [2.05, 4.69) is 20.8 Å². The lowest BCUT2D eigenvalue weighted by atomic mass is 9.85. The van der Waals surface area contributed by atoms with E-state index in [1.807, 2.05) is 6.08 Å². The highest BCUT2D eigenvalue weighted by Gasteiger charge is 2.15. The molecule has 14 heavy (non-hydrogen) atoms. The number of hydrogen-bond acceptors (Lipinski definition) is 1. The molecule has 0 unspecified atom stereocenters. The van der Waals surface area contributed by atoms with Crippen LogP contribution < -0.4 is 0 Å². The Labute approximate surface area is 87.0 Å². The van der Waals surface area contributed by atoms with Crippen molar-refractivity contribution in [1.82, 2.24) is 0 Å². The third-order valence-electron chi connectivity index (χ3n) is 2.37. The standard InChI is InChI=1S/C12H22O2/c1-5-6-7-8-12(3,4)9-10(2)11(13)14/h9H,5-8H2,1-4H3,(H,13,14). The molecule has 0 aliphatic carbocycles. The van der Waals surface area contributed by atoms with E-state index >= 15 is 0 Å². The molecule has 82 valence electrons. The Morgan fingerprint density at radius 1 is 1.36 bits per heavy atom. The molecule has 0 saturated heterocycles. The molecule has 1 N–H and O–H groups in total. The number of allylic oxidation sites excluding steroid dienone is 1. The second-order valence-corrected chi connectivity index (χ2v) is 4.58. The molecule has 2 nitrogen and oxygen atoms in total. The van der Waals surface area contributed by atoms with Crippen LogP contribution in [0.1, 0.15) is 53.4 Å². The molecule has 0 saturated carbocycles. The zero-order chi connectivity index (χ0) is 11.2. The fraction of sp³-hybridized carbons (Fsp3) is 0.750. The normalized spacial score (nSPS) is 13.0. The molecule has 0 aromatic heterocycles. The lowest BCUT2D eigenvalue weighted by Crippen LogP contribution is -2.10. The van der Waals surface area contributed by atoms with Crippen molar-refractivity contribution in [2.24, 2.45) is 5.41 Å². The molecular weight excluding hydrogens is 176 g/mol. The van der Waals surface area contributed by atoms with E-state index in [0.717, 1.165) is 6.42 Å².